The first kappa shape index (κ1) is 37.2. The minimum atomic E-state index is 0. The Kier molecular flexibility index (Phi) is 12.6. The molecule has 0 atom stereocenters. The van der Waals surface area contributed by atoms with Crippen molar-refractivity contribution in [2.24, 2.45) is 5.92 Å². The van der Waals surface area contributed by atoms with E-state index in [1.165, 1.54) is 104 Å². The van der Waals surface area contributed by atoms with Crippen molar-refractivity contribution in [2.75, 3.05) is 4.90 Å². The standard InChI is InChI=1S/C44H50N2.2ClH/c1-29-11-8-9-14-44(29)46(28-37-12-10-13-39(24-37)40-19-30(2)34(6)31(3)20-40)43-17-15-36(16-18-43)23-38-25-42(27-45-26-38)41-21-32(4)35(7)33(5)22-41;;/h8-14,19-22,24-27,36,43H,15-18,23,28H2,1-7H3;2*1H. The number of aryl methyl sites for hydroxylation is 5. The summed E-state index contributed by atoms with van der Waals surface area (Å²) in [5.41, 5.74) is 18.8. The highest BCUT2D eigenvalue weighted by Crippen LogP contribution is 2.36. The van der Waals surface area contributed by atoms with Gasteiger partial charge in [0.15, 0.2) is 0 Å². The molecule has 1 aromatic heterocycles. The van der Waals surface area contributed by atoms with Crippen molar-refractivity contribution in [1.29, 1.82) is 0 Å². The average Bonchev–Trinajstić information content (AvgIpc) is 3.05. The molecule has 0 radical (unpaired) electrons. The Morgan fingerprint density at radius 2 is 1.10 bits per heavy atom. The van der Waals surface area contributed by atoms with Crippen molar-refractivity contribution < 1.29 is 0 Å². The van der Waals surface area contributed by atoms with Crippen LogP contribution in [0.5, 0.6) is 0 Å². The fraction of sp³-hybridized carbons (Fsp3) is 0.341. The van der Waals surface area contributed by atoms with Gasteiger partial charge in [-0.05, 0) is 171 Å². The number of hydrogen-bond donors (Lipinski definition) is 0. The Hall–Kier alpha value is -3.59. The van der Waals surface area contributed by atoms with Crippen LogP contribution in [-0.2, 0) is 13.0 Å². The summed E-state index contributed by atoms with van der Waals surface area (Å²) < 4.78 is 0. The molecule has 1 heterocycles. The van der Waals surface area contributed by atoms with Crippen LogP contribution in [-0.4, -0.2) is 11.0 Å². The Labute approximate surface area is 301 Å². The fourth-order valence-corrected chi connectivity index (χ4v) is 7.50. The number of aromatic nitrogens is 1. The SMILES string of the molecule is Cc1ccccc1N(Cc1cccc(-c2cc(C)c(C)c(C)c2)c1)C1CCC(Cc2cncc(-c3cc(C)c(C)c(C)c3)c2)CC1.Cl.Cl. The topological polar surface area (TPSA) is 16.1 Å². The van der Waals surface area contributed by atoms with Crippen LogP contribution < -0.4 is 4.90 Å². The van der Waals surface area contributed by atoms with Gasteiger partial charge in [0.1, 0.15) is 0 Å². The number of halogens is 2. The minimum Gasteiger partial charge on any atom is -0.364 e. The van der Waals surface area contributed by atoms with Gasteiger partial charge in [0.2, 0.25) is 0 Å². The van der Waals surface area contributed by atoms with Gasteiger partial charge >= 0.3 is 0 Å². The Balaban J connectivity index is 0.00000260. The van der Waals surface area contributed by atoms with Crippen molar-refractivity contribution in [1.82, 2.24) is 4.98 Å². The monoisotopic (exact) mass is 678 g/mol. The van der Waals surface area contributed by atoms with E-state index in [1.54, 1.807) is 0 Å². The number of pyridine rings is 1. The van der Waals surface area contributed by atoms with Gasteiger partial charge in [0.25, 0.3) is 0 Å². The number of anilines is 1. The molecule has 4 aromatic carbocycles. The van der Waals surface area contributed by atoms with Gasteiger partial charge < -0.3 is 4.90 Å². The van der Waals surface area contributed by atoms with Gasteiger partial charge in [0.05, 0.1) is 0 Å². The van der Waals surface area contributed by atoms with Crippen LogP contribution in [0.4, 0.5) is 5.69 Å². The third-order valence-corrected chi connectivity index (χ3v) is 10.8. The smallest absolute Gasteiger partial charge is 0.0432 e. The maximum absolute atomic E-state index is 4.68. The van der Waals surface area contributed by atoms with Gasteiger partial charge in [0, 0.05) is 36.2 Å². The maximum Gasteiger partial charge on any atom is 0.0432 e. The molecule has 6 rings (SSSR count). The molecular weight excluding hydrogens is 627 g/mol. The first-order valence-electron chi connectivity index (χ1n) is 17.2. The summed E-state index contributed by atoms with van der Waals surface area (Å²) >= 11 is 0. The van der Waals surface area contributed by atoms with Crippen LogP contribution in [0.1, 0.15) is 75.8 Å². The Bertz CT molecular complexity index is 1810. The van der Waals surface area contributed by atoms with E-state index < -0.39 is 0 Å². The van der Waals surface area contributed by atoms with Crippen LogP contribution in [0.15, 0.2) is 91.3 Å². The zero-order chi connectivity index (χ0) is 32.4. The highest BCUT2D eigenvalue weighted by molar-refractivity contribution is 5.85. The van der Waals surface area contributed by atoms with E-state index in [9.17, 15) is 0 Å². The molecule has 0 aliphatic heterocycles. The highest BCUT2D eigenvalue weighted by atomic mass is 35.5. The minimum absolute atomic E-state index is 0. The normalized spacial score (nSPS) is 15.7. The quantitative estimate of drug-likeness (QED) is 0.162. The van der Waals surface area contributed by atoms with Gasteiger partial charge in [-0.25, -0.2) is 0 Å². The molecule has 0 bridgehead atoms. The molecule has 252 valence electrons. The summed E-state index contributed by atoms with van der Waals surface area (Å²) in [6.45, 7) is 16.5. The molecule has 5 aromatic rings. The Morgan fingerprint density at radius 1 is 0.542 bits per heavy atom. The number of nitrogens with zero attached hydrogens (tertiary/aromatic N) is 2. The van der Waals surface area contributed by atoms with E-state index in [1.807, 2.05) is 6.20 Å². The molecule has 4 heteroatoms. The van der Waals surface area contributed by atoms with Gasteiger partial charge in [-0.15, -0.1) is 24.8 Å². The first-order chi connectivity index (χ1) is 22.2. The molecular formula is C44H52Cl2N2. The van der Waals surface area contributed by atoms with Gasteiger partial charge in [-0.2, -0.15) is 0 Å². The van der Waals surface area contributed by atoms with Crippen LogP contribution >= 0.6 is 24.8 Å². The molecule has 1 aliphatic carbocycles. The average molecular weight is 680 g/mol. The third-order valence-electron chi connectivity index (χ3n) is 10.8. The molecule has 1 fully saturated rings. The van der Waals surface area contributed by atoms with Crippen molar-refractivity contribution in [3.63, 3.8) is 0 Å². The van der Waals surface area contributed by atoms with Crippen molar-refractivity contribution in [3.8, 4) is 22.3 Å². The summed E-state index contributed by atoms with van der Waals surface area (Å²) in [4.78, 5) is 7.39. The largest absolute Gasteiger partial charge is 0.364 e. The summed E-state index contributed by atoms with van der Waals surface area (Å²) in [5.74, 6) is 0.699. The second-order valence-corrected chi connectivity index (χ2v) is 14.0. The van der Waals surface area contributed by atoms with E-state index in [2.05, 4.69) is 143 Å². The predicted octanol–water partition coefficient (Wildman–Crippen LogP) is 12.2. The van der Waals surface area contributed by atoms with E-state index in [4.69, 9.17) is 0 Å². The van der Waals surface area contributed by atoms with E-state index in [0.29, 0.717) is 12.0 Å². The maximum atomic E-state index is 4.68. The highest BCUT2D eigenvalue weighted by Gasteiger charge is 2.27. The summed E-state index contributed by atoms with van der Waals surface area (Å²) in [7, 11) is 0. The lowest BCUT2D eigenvalue weighted by atomic mass is 9.81. The molecule has 48 heavy (non-hydrogen) atoms. The van der Waals surface area contributed by atoms with Crippen LogP contribution in [0.25, 0.3) is 22.3 Å². The zero-order valence-electron chi connectivity index (χ0n) is 29.8. The zero-order valence-corrected chi connectivity index (χ0v) is 31.4. The van der Waals surface area contributed by atoms with Crippen LogP contribution in [0.2, 0.25) is 0 Å². The first-order valence-corrected chi connectivity index (χ1v) is 17.2. The Morgan fingerprint density at radius 3 is 1.71 bits per heavy atom. The second kappa shape index (κ2) is 16.2. The lowest BCUT2D eigenvalue weighted by molar-refractivity contribution is 0.312. The third kappa shape index (κ3) is 8.33. The van der Waals surface area contributed by atoms with E-state index >= 15 is 0 Å². The van der Waals surface area contributed by atoms with E-state index in [-0.39, 0.29) is 24.8 Å². The number of para-hydroxylation sites is 1. The molecule has 0 unspecified atom stereocenters. The number of benzene rings is 4. The van der Waals surface area contributed by atoms with Crippen molar-refractivity contribution in [3.05, 3.63) is 141 Å². The lowest BCUT2D eigenvalue weighted by Crippen LogP contribution is -2.38. The molecule has 2 nitrogen and oxygen atoms in total. The predicted molar refractivity (Wildman–Crippen MR) is 211 cm³/mol. The summed E-state index contributed by atoms with van der Waals surface area (Å²) in [6.07, 6.45) is 10.2. The van der Waals surface area contributed by atoms with Crippen LogP contribution in [0.3, 0.4) is 0 Å². The van der Waals surface area contributed by atoms with Gasteiger partial charge in [-0.3, -0.25) is 4.98 Å². The molecule has 0 amide bonds. The van der Waals surface area contributed by atoms with Crippen molar-refractivity contribution in [2.45, 2.75) is 93.2 Å². The number of hydrogen-bond acceptors (Lipinski definition) is 2. The summed E-state index contributed by atoms with van der Waals surface area (Å²) in [5, 5.41) is 0. The summed E-state index contributed by atoms with van der Waals surface area (Å²) in [6, 6.07) is 30.4. The second-order valence-electron chi connectivity index (χ2n) is 14.0. The van der Waals surface area contributed by atoms with E-state index in [0.717, 1.165) is 13.0 Å². The molecule has 1 aliphatic rings. The molecule has 0 saturated heterocycles. The number of rotatable bonds is 8. The molecule has 1 saturated carbocycles. The van der Waals surface area contributed by atoms with Crippen LogP contribution in [0, 0.1) is 54.4 Å². The fourth-order valence-electron chi connectivity index (χ4n) is 7.50. The molecule has 0 spiro atoms. The van der Waals surface area contributed by atoms with Gasteiger partial charge in [-0.1, -0.05) is 60.7 Å². The molecule has 0 N–H and O–H groups in total. The van der Waals surface area contributed by atoms with Crippen molar-refractivity contribution >= 4 is 30.5 Å². The lowest BCUT2D eigenvalue weighted by Gasteiger charge is -2.39.